The van der Waals surface area contributed by atoms with Crippen molar-refractivity contribution in [1.29, 1.82) is 0 Å². The normalized spacial score (nSPS) is 19.4. The van der Waals surface area contributed by atoms with Gasteiger partial charge in [-0.1, -0.05) is 57.0 Å². The molecular weight excluding hydrogens is 430 g/mol. The molecule has 2 unspecified atom stereocenters. The number of nitrogens with one attached hydrogen (secondary N) is 1. The van der Waals surface area contributed by atoms with Crippen molar-refractivity contribution in [3.63, 3.8) is 0 Å². The molecule has 0 radical (unpaired) electrons. The van der Waals surface area contributed by atoms with E-state index < -0.39 is 5.03 Å². The Morgan fingerprint density at radius 3 is 2.41 bits per heavy atom. The average molecular weight is 472 g/mol. The minimum Gasteiger partial charge on any atom is -0.378 e. The largest absolute Gasteiger partial charge is 0.378 e. The molecule has 1 heterocycles. The fraction of sp³-hybridized carbons (Fsp3) is 0.593. The summed E-state index contributed by atoms with van der Waals surface area (Å²) in [6, 6.07) is 13.8. The average Bonchev–Trinajstić information content (AvgIpc) is 2.84. The lowest BCUT2D eigenvalue weighted by atomic mass is 9.83. The number of pyridine rings is 1. The van der Waals surface area contributed by atoms with Crippen molar-refractivity contribution in [2.45, 2.75) is 83.8 Å². The van der Waals surface area contributed by atoms with E-state index in [0.29, 0.717) is 18.6 Å². The number of benzene rings is 1. The Balaban J connectivity index is 0.000000379. The van der Waals surface area contributed by atoms with Gasteiger partial charge >= 0.3 is 0 Å². The van der Waals surface area contributed by atoms with Crippen LogP contribution in [0.5, 0.6) is 0 Å². The summed E-state index contributed by atoms with van der Waals surface area (Å²) >= 11 is 0. The van der Waals surface area contributed by atoms with Crippen molar-refractivity contribution in [3.05, 3.63) is 80.3 Å². The van der Waals surface area contributed by atoms with Crippen LogP contribution in [-0.4, -0.2) is 28.4 Å². The maximum absolute atomic E-state index is 10.8. The lowest BCUT2D eigenvalue weighted by molar-refractivity contribution is -0.553. The summed E-state index contributed by atoms with van der Waals surface area (Å²) in [5.41, 5.74) is 4.97. The Hall–Kier alpha value is -2.67. The number of unbranched alkanes of at least 4 members (excludes halogenated alkanes) is 1. The molecule has 188 valence electrons. The third-order valence-corrected chi connectivity index (χ3v) is 6.74. The Bertz CT molecular complexity index is 908. The van der Waals surface area contributed by atoms with Gasteiger partial charge in [-0.3, -0.25) is 4.79 Å². The summed E-state index contributed by atoms with van der Waals surface area (Å²) in [7, 11) is 1.91. The molecule has 0 spiro atoms. The van der Waals surface area contributed by atoms with Crippen LogP contribution in [0, 0.1) is 23.0 Å². The van der Waals surface area contributed by atoms with Gasteiger partial charge in [0.25, 0.3) is 0 Å². The Morgan fingerprint density at radius 1 is 1.18 bits per heavy atom. The number of nitro groups is 1. The number of hydrogen-bond acceptors (Lipinski definition) is 4. The van der Waals surface area contributed by atoms with E-state index in [1.54, 1.807) is 18.3 Å². The molecule has 1 saturated carbocycles. The maximum atomic E-state index is 10.8. The molecule has 1 N–H and O–H groups in total. The summed E-state index contributed by atoms with van der Waals surface area (Å²) in [5, 5.41) is 10.4. The first-order valence-corrected chi connectivity index (χ1v) is 12.5. The van der Waals surface area contributed by atoms with E-state index in [0.717, 1.165) is 50.6 Å². The van der Waals surface area contributed by atoms with Crippen LogP contribution in [0.4, 0.5) is 0 Å². The molecule has 7 nitrogen and oxygen atoms in total. The van der Waals surface area contributed by atoms with E-state index in [2.05, 4.69) is 42.7 Å². The van der Waals surface area contributed by atoms with Gasteiger partial charge in [-0.2, -0.15) is 0 Å². The van der Waals surface area contributed by atoms with Crippen LogP contribution < -0.4 is 10.9 Å². The van der Waals surface area contributed by atoms with Crippen molar-refractivity contribution in [1.82, 2.24) is 9.99 Å². The second-order valence-electron chi connectivity index (χ2n) is 9.44. The first-order chi connectivity index (χ1) is 16.3. The molecule has 1 aliphatic carbocycles. The van der Waals surface area contributed by atoms with Crippen molar-refractivity contribution in [2.24, 2.45) is 13.0 Å². The Morgan fingerprint density at radius 2 is 1.85 bits per heavy atom. The monoisotopic (exact) mass is 471 g/mol. The van der Waals surface area contributed by atoms with Crippen LogP contribution in [0.3, 0.4) is 0 Å². The molecule has 3 rings (SSSR count). The molecule has 0 saturated heterocycles. The Labute approximate surface area is 203 Å². The molecule has 34 heavy (non-hydrogen) atoms. The number of aromatic nitrogens is 1. The molecule has 0 amide bonds. The van der Waals surface area contributed by atoms with Gasteiger partial charge in [-0.25, -0.2) is 10.1 Å². The molecule has 1 aliphatic rings. The van der Waals surface area contributed by atoms with E-state index >= 15 is 0 Å². The first-order valence-electron chi connectivity index (χ1n) is 12.5. The smallest absolute Gasteiger partial charge is 0.181 e. The van der Waals surface area contributed by atoms with Crippen LogP contribution in [0.15, 0.2) is 53.5 Å². The van der Waals surface area contributed by atoms with Crippen molar-refractivity contribution in [2.75, 3.05) is 6.61 Å². The fourth-order valence-electron chi connectivity index (χ4n) is 4.39. The second-order valence-corrected chi connectivity index (χ2v) is 9.44. The van der Waals surface area contributed by atoms with E-state index in [1.807, 2.05) is 25.5 Å². The van der Waals surface area contributed by atoms with E-state index in [1.165, 1.54) is 5.56 Å². The van der Waals surface area contributed by atoms with Crippen LogP contribution in [0.2, 0.25) is 0 Å². The Kier molecular flexibility index (Phi) is 11.8. The van der Waals surface area contributed by atoms with Crippen molar-refractivity contribution in [3.8, 4) is 0 Å². The number of aryl methyl sites for hydroxylation is 2. The minimum atomic E-state index is -0.415. The molecular formula is C27H41N3O4. The number of hydrogen-bond donors (Lipinski definition) is 1. The lowest BCUT2D eigenvalue weighted by Crippen LogP contribution is -2.41. The number of rotatable bonds is 10. The zero-order valence-corrected chi connectivity index (χ0v) is 21.1. The molecule has 2 atom stereocenters. The summed E-state index contributed by atoms with van der Waals surface area (Å²) in [6.07, 6.45) is 9.41. The molecule has 7 heteroatoms. The first kappa shape index (κ1) is 27.6. The van der Waals surface area contributed by atoms with Crippen LogP contribution in [0.1, 0.15) is 76.0 Å². The van der Waals surface area contributed by atoms with E-state index in [-0.39, 0.29) is 17.4 Å². The predicted octanol–water partition coefficient (Wildman–Crippen LogP) is 5.40. The topological polar surface area (TPSA) is 86.4 Å². The molecule has 0 aliphatic heterocycles. The van der Waals surface area contributed by atoms with Crippen LogP contribution >= 0.6 is 0 Å². The number of hydrazine groups is 1. The molecule has 1 aromatic carbocycles. The highest BCUT2D eigenvalue weighted by Gasteiger charge is 2.26. The highest BCUT2D eigenvalue weighted by Crippen LogP contribution is 2.34. The number of ether oxygens (including phenoxy) is 1. The highest BCUT2D eigenvalue weighted by atomic mass is 16.7. The fourth-order valence-corrected chi connectivity index (χ4v) is 4.39. The zero-order chi connectivity index (χ0) is 24.9. The van der Waals surface area contributed by atoms with Gasteiger partial charge in [0.2, 0.25) is 0 Å². The number of nitrogens with zero attached hydrogens (tertiary/aromatic N) is 2. The predicted molar refractivity (Wildman–Crippen MR) is 136 cm³/mol. The van der Waals surface area contributed by atoms with Crippen LogP contribution in [-0.2, 0) is 11.8 Å². The summed E-state index contributed by atoms with van der Waals surface area (Å²) in [5.74, 6) is 0.788. The summed E-state index contributed by atoms with van der Waals surface area (Å²) < 4.78 is 8.01. The third-order valence-electron chi connectivity index (χ3n) is 6.74. The molecule has 1 fully saturated rings. The quantitative estimate of drug-likeness (QED) is 0.370. The van der Waals surface area contributed by atoms with Gasteiger partial charge in [0.05, 0.1) is 18.8 Å². The zero-order valence-electron chi connectivity index (χ0n) is 21.1. The van der Waals surface area contributed by atoms with Crippen molar-refractivity contribution >= 4 is 0 Å². The summed E-state index contributed by atoms with van der Waals surface area (Å²) in [4.78, 5) is 21.4. The minimum absolute atomic E-state index is 0.0746. The molecule has 2 aromatic rings. The van der Waals surface area contributed by atoms with Gasteiger partial charge < -0.3 is 9.30 Å². The third kappa shape index (κ3) is 9.67. The van der Waals surface area contributed by atoms with Gasteiger partial charge in [0.15, 0.2) is 10.5 Å². The van der Waals surface area contributed by atoms with Gasteiger partial charge in [-0.15, -0.1) is 5.43 Å². The van der Waals surface area contributed by atoms with Gasteiger partial charge in [-0.05, 0) is 50.5 Å². The standard InChI is InChI=1S/C20H32N2O3.C7H9NO/c1-3-4-10-20(21-22(23)24)16(2)15-25-19-13-11-18(12-14-19)17-8-6-5-7-9-17;1-6-5-7(9)3-4-8(6)2/h5-9,16,18-21H,3-4,10-15H2,1-2H3;3-5H,1-2H3. The highest BCUT2D eigenvalue weighted by molar-refractivity contribution is 5.19. The SMILES string of the molecule is CCCCC(N[N+](=O)[O-])C(C)COC1CCC(c2ccccc2)CC1.Cc1cc(=O)ccn1C. The van der Waals surface area contributed by atoms with E-state index in [4.69, 9.17) is 4.74 Å². The van der Waals surface area contributed by atoms with Gasteiger partial charge in [0.1, 0.15) is 0 Å². The lowest BCUT2D eigenvalue weighted by Gasteiger charge is -2.30. The summed E-state index contributed by atoms with van der Waals surface area (Å²) in [6.45, 7) is 6.65. The van der Waals surface area contributed by atoms with Crippen LogP contribution in [0.25, 0.3) is 0 Å². The maximum Gasteiger partial charge on any atom is 0.181 e. The van der Waals surface area contributed by atoms with Gasteiger partial charge in [0, 0.05) is 37.0 Å². The van der Waals surface area contributed by atoms with Crippen molar-refractivity contribution < 1.29 is 9.77 Å². The van der Waals surface area contributed by atoms with E-state index in [9.17, 15) is 14.9 Å². The second kappa shape index (κ2) is 14.6. The molecule has 0 bridgehead atoms. The molecule has 1 aromatic heterocycles.